The Balaban J connectivity index is 3.86. The summed E-state index contributed by atoms with van der Waals surface area (Å²) in [7, 11) is 0. The van der Waals surface area contributed by atoms with Gasteiger partial charge in [-0.15, -0.1) is 0 Å². The van der Waals surface area contributed by atoms with Crippen molar-refractivity contribution in [2.24, 2.45) is 0 Å². The van der Waals surface area contributed by atoms with Crippen LogP contribution < -0.4 is 0 Å². The van der Waals surface area contributed by atoms with Crippen molar-refractivity contribution in [1.82, 2.24) is 0 Å². The number of ether oxygens (including phenoxy) is 2. The van der Waals surface area contributed by atoms with Crippen LogP contribution in [0.3, 0.4) is 0 Å². The van der Waals surface area contributed by atoms with E-state index in [1.54, 1.807) is 13.8 Å². The first-order valence-electron chi connectivity index (χ1n) is 3.03. The van der Waals surface area contributed by atoms with Gasteiger partial charge < -0.3 is 9.47 Å². The standard InChI is InChI=1S/C6H10ClFO2/c1-3-9-6(5(7)8)10-4-2/h3-4H2,1-2H3. The highest BCUT2D eigenvalue weighted by molar-refractivity contribution is 6.28. The molecule has 0 rings (SSSR count). The Kier molecular flexibility index (Phi) is 5.12. The SMILES string of the molecule is CCOC(OCC)=C(F)Cl. The summed E-state index contributed by atoms with van der Waals surface area (Å²) in [6, 6.07) is 0. The summed E-state index contributed by atoms with van der Waals surface area (Å²) < 4.78 is 21.5. The molecule has 2 nitrogen and oxygen atoms in total. The van der Waals surface area contributed by atoms with Gasteiger partial charge in [-0.1, -0.05) is 0 Å². The van der Waals surface area contributed by atoms with Crippen LogP contribution in [0.15, 0.2) is 11.2 Å². The van der Waals surface area contributed by atoms with Crippen LogP contribution in [0.5, 0.6) is 0 Å². The van der Waals surface area contributed by atoms with Gasteiger partial charge in [0, 0.05) is 0 Å². The van der Waals surface area contributed by atoms with E-state index in [1.165, 1.54) is 0 Å². The highest BCUT2D eigenvalue weighted by Gasteiger charge is 2.04. The summed E-state index contributed by atoms with van der Waals surface area (Å²) >= 11 is 4.96. The first kappa shape index (κ1) is 9.56. The van der Waals surface area contributed by atoms with Crippen LogP contribution in [0.1, 0.15) is 13.8 Å². The van der Waals surface area contributed by atoms with Crippen molar-refractivity contribution in [3.8, 4) is 0 Å². The van der Waals surface area contributed by atoms with E-state index in [4.69, 9.17) is 21.1 Å². The van der Waals surface area contributed by atoms with Crippen molar-refractivity contribution in [2.45, 2.75) is 13.8 Å². The van der Waals surface area contributed by atoms with E-state index in [0.29, 0.717) is 13.2 Å². The third kappa shape index (κ3) is 3.56. The van der Waals surface area contributed by atoms with Gasteiger partial charge >= 0.3 is 5.95 Å². The van der Waals surface area contributed by atoms with E-state index in [1.807, 2.05) is 0 Å². The molecule has 0 saturated carbocycles. The van der Waals surface area contributed by atoms with Gasteiger partial charge in [-0.05, 0) is 25.4 Å². The second kappa shape index (κ2) is 5.35. The van der Waals surface area contributed by atoms with Gasteiger partial charge in [-0.2, -0.15) is 4.39 Å². The molecule has 0 aromatic carbocycles. The number of hydrogen-bond donors (Lipinski definition) is 0. The van der Waals surface area contributed by atoms with Crippen LogP contribution >= 0.6 is 11.6 Å². The molecule has 0 aliphatic heterocycles. The van der Waals surface area contributed by atoms with E-state index < -0.39 is 5.29 Å². The molecular formula is C6H10ClFO2. The number of hydrogen-bond acceptors (Lipinski definition) is 2. The van der Waals surface area contributed by atoms with E-state index in [0.717, 1.165) is 0 Å². The lowest BCUT2D eigenvalue weighted by Crippen LogP contribution is -1.97. The summed E-state index contributed by atoms with van der Waals surface area (Å²) in [6.07, 6.45) is 0. The molecule has 60 valence electrons. The molecule has 0 heterocycles. The van der Waals surface area contributed by atoms with E-state index in [-0.39, 0.29) is 5.95 Å². The molecule has 0 aliphatic rings. The molecule has 0 aliphatic carbocycles. The Labute approximate surface area is 64.6 Å². The van der Waals surface area contributed by atoms with Crippen LogP contribution in [0.25, 0.3) is 0 Å². The van der Waals surface area contributed by atoms with Crippen molar-refractivity contribution in [3.05, 3.63) is 11.2 Å². The maximum atomic E-state index is 12.1. The zero-order valence-corrected chi connectivity index (χ0v) is 6.74. The van der Waals surface area contributed by atoms with Crippen LogP contribution in [0, 0.1) is 0 Å². The molecular weight excluding hydrogens is 159 g/mol. The average molecular weight is 169 g/mol. The molecule has 0 unspecified atom stereocenters. The quantitative estimate of drug-likeness (QED) is 0.601. The minimum atomic E-state index is -0.941. The molecule has 10 heavy (non-hydrogen) atoms. The largest absolute Gasteiger partial charge is 0.463 e. The summed E-state index contributed by atoms with van der Waals surface area (Å²) in [5.41, 5.74) is 0. The smallest absolute Gasteiger partial charge is 0.329 e. The van der Waals surface area contributed by atoms with Crippen LogP contribution in [-0.2, 0) is 9.47 Å². The molecule has 4 heteroatoms. The van der Waals surface area contributed by atoms with Gasteiger partial charge in [0.25, 0.3) is 5.29 Å². The Morgan fingerprint density at radius 3 is 1.90 bits per heavy atom. The Morgan fingerprint density at radius 1 is 1.30 bits per heavy atom. The van der Waals surface area contributed by atoms with Gasteiger partial charge in [-0.3, -0.25) is 0 Å². The Morgan fingerprint density at radius 2 is 1.70 bits per heavy atom. The van der Waals surface area contributed by atoms with Crippen molar-refractivity contribution < 1.29 is 13.9 Å². The Bertz CT molecular complexity index is 113. The first-order chi connectivity index (χ1) is 4.72. The van der Waals surface area contributed by atoms with Crippen molar-refractivity contribution in [2.75, 3.05) is 13.2 Å². The first-order valence-corrected chi connectivity index (χ1v) is 3.41. The lowest BCUT2D eigenvalue weighted by Gasteiger charge is -2.06. The van der Waals surface area contributed by atoms with Crippen LogP contribution in [0.4, 0.5) is 4.39 Å². The van der Waals surface area contributed by atoms with Crippen LogP contribution in [0.2, 0.25) is 0 Å². The van der Waals surface area contributed by atoms with E-state index in [2.05, 4.69) is 0 Å². The summed E-state index contributed by atoms with van der Waals surface area (Å²) in [6.45, 7) is 4.13. The van der Waals surface area contributed by atoms with Crippen molar-refractivity contribution >= 4 is 11.6 Å². The fourth-order valence-electron chi connectivity index (χ4n) is 0.413. The minimum absolute atomic E-state index is 0.230. The highest BCUT2D eigenvalue weighted by atomic mass is 35.5. The maximum Gasteiger partial charge on any atom is 0.329 e. The van der Waals surface area contributed by atoms with Gasteiger partial charge in [0.2, 0.25) is 0 Å². The van der Waals surface area contributed by atoms with Gasteiger partial charge in [-0.25, -0.2) is 0 Å². The normalized spacial score (nSPS) is 8.80. The third-order valence-corrected chi connectivity index (χ3v) is 0.859. The fraction of sp³-hybridized carbons (Fsp3) is 0.667. The average Bonchev–Trinajstić information content (AvgIpc) is 1.87. The third-order valence-electron chi connectivity index (χ3n) is 0.705. The topological polar surface area (TPSA) is 18.5 Å². The second-order valence-electron chi connectivity index (χ2n) is 1.41. The van der Waals surface area contributed by atoms with Gasteiger partial charge in [0.15, 0.2) is 0 Å². The number of halogens is 2. The molecule has 0 bridgehead atoms. The predicted molar refractivity (Wildman–Crippen MR) is 37.2 cm³/mol. The fourth-order valence-corrected chi connectivity index (χ4v) is 0.522. The lowest BCUT2D eigenvalue weighted by molar-refractivity contribution is 0.0398. The molecule has 0 N–H and O–H groups in total. The summed E-state index contributed by atoms with van der Waals surface area (Å²) in [5.74, 6) is -0.230. The van der Waals surface area contributed by atoms with Crippen LogP contribution in [-0.4, -0.2) is 13.2 Å². The molecule has 0 fully saturated rings. The van der Waals surface area contributed by atoms with E-state index in [9.17, 15) is 4.39 Å². The van der Waals surface area contributed by atoms with Gasteiger partial charge in [0.1, 0.15) is 0 Å². The Hall–Kier alpha value is -0.440. The predicted octanol–water partition coefficient (Wildman–Crippen LogP) is 2.39. The lowest BCUT2D eigenvalue weighted by atomic mass is 10.8. The molecule has 0 amide bonds. The van der Waals surface area contributed by atoms with Crippen molar-refractivity contribution in [1.29, 1.82) is 0 Å². The molecule has 0 spiro atoms. The molecule has 0 aromatic heterocycles. The second-order valence-corrected chi connectivity index (χ2v) is 1.75. The minimum Gasteiger partial charge on any atom is -0.463 e. The summed E-state index contributed by atoms with van der Waals surface area (Å²) in [5, 5.41) is -0.941. The monoisotopic (exact) mass is 168 g/mol. The van der Waals surface area contributed by atoms with Crippen molar-refractivity contribution in [3.63, 3.8) is 0 Å². The highest BCUT2D eigenvalue weighted by Crippen LogP contribution is 2.12. The molecule has 0 atom stereocenters. The van der Waals surface area contributed by atoms with E-state index >= 15 is 0 Å². The molecule has 0 radical (unpaired) electrons. The zero-order chi connectivity index (χ0) is 7.98. The maximum absolute atomic E-state index is 12.1. The summed E-state index contributed by atoms with van der Waals surface area (Å²) in [4.78, 5) is 0. The zero-order valence-electron chi connectivity index (χ0n) is 5.99. The molecule has 0 aromatic rings. The molecule has 0 saturated heterocycles. The van der Waals surface area contributed by atoms with Gasteiger partial charge in [0.05, 0.1) is 13.2 Å². The number of rotatable bonds is 4.